The summed E-state index contributed by atoms with van der Waals surface area (Å²) in [5.74, 6) is 0.365. The lowest BCUT2D eigenvalue weighted by molar-refractivity contribution is 0.200. The lowest BCUT2D eigenvalue weighted by atomic mass is 10.0. The molecule has 2 aromatic rings. The second-order valence-corrected chi connectivity index (χ2v) is 5.54. The molecule has 0 unspecified atom stereocenters. The summed E-state index contributed by atoms with van der Waals surface area (Å²) in [6.07, 6.45) is 0.297. The Morgan fingerprint density at radius 3 is 2.58 bits per heavy atom. The van der Waals surface area contributed by atoms with Crippen LogP contribution >= 0.6 is 0 Å². The zero-order chi connectivity index (χ0) is 17.7. The van der Waals surface area contributed by atoms with Crippen LogP contribution in [-0.4, -0.2) is 13.1 Å². The Morgan fingerprint density at radius 1 is 1.17 bits per heavy atom. The van der Waals surface area contributed by atoms with Crippen LogP contribution in [0.2, 0.25) is 0 Å². The van der Waals surface area contributed by atoms with E-state index in [2.05, 4.69) is 18.3 Å². The van der Waals surface area contributed by atoms with E-state index in [1.807, 2.05) is 19.9 Å². The molecular weight excluding hydrogens is 309 g/mol. The van der Waals surface area contributed by atoms with Gasteiger partial charge in [-0.05, 0) is 55.2 Å². The van der Waals surface area contributed by atoms with Crippen molar-refractivity contribution in [2.24, 2.45) is 0 Å². The number of carbonyl (C=O) groups excluding carboxylic acids is 1. The van der Waals surface area contributed by atoms with Crippen molar-refractivity contribution in [3.05, 3.63) is 58.4 Å². The number of hydrogen-bond donors (Lipinski definition) is 1. The molecule has 24 heavy (non-hydrogen) atoms. The van der Waals surface area contributed by atoms with Gasteiger partial charge in [0.25, 0.3) is 0 Å². The normalized spacial score (nSPS) is 10.4. The van der Waals surface area contributed by atoms with Gasteiger partial charge >= 0.3 is 6.09 Å². The number of benzene rings is 2. The summed E-state index contributed by atoms with van der Waals surface area (Å²) in [4.78, 5) is 11.4. The minimum Gasteiger partial charge on any atom is -0.488 e. The first-order chi connectivity index (χ1) is 11.5. The van der Waals surface area contributed by atoms with Crippen LogP contribution in [0.1, 0.15) is 29.2 Å². The van der Waals surface area contributed by atoms with Gasteiger partial charge in [0.05, 0.1) is 5.56 Å². The lowest BCUT2D eigenvalue weighted by Crippen LogP contribution is -2.23. The van der Waals surface area contributed by atoms with E-state index in [0.717, 1.165) is 17.5 Å². The highest BCUT2D eigenvalue weighted by molar-refractivity contribution is 5.70. The molecule has 2 aromatic carbocycles. The summed E-state index contributed by atoms with van der Waals surface area (Å²) in [7, 11) is 1.44. The maximum atomic E-state index is 14.1. The van der Waals surface area contributed by atoms with Crippen molar-refractivity contribution in [2.75, 3.05) is 7.05 Å². The van der Waals surface area contributed by atoms with Crippen LogP contribution in [0.25, 0.3) is 0 Å². The SMILES string of the molecule is CCc1cc(C)c(OCc2c(F)cccc2OC(=O)NC)cc1C. The molecule has 0 fully saturated rings. The number of aryl methyl sites for hydroxylation is 3. The van der Waals surface area contributed by atoms with Crippen LogP contribution in [0.4, 0.5) is 9.18 Å². The largest absolute Gasteiger partial charge is 0.488 e. The molecule has 0 aliphatic heterocycles. The maximum absolute atomic E-state index is 14.1. The molecule has 0 saturated heterocycles. The monoisotopic (exact) mass is 331 g/mol. The lowest BCUT2D eigenvalue weighted by Gasteiger charge is -2.15. The smallest absolute Gasteiger partial charge is 0.412 e. The van der Waals surface area contributed by atoms with E-state index in [1.54, 1.807) is 0 Å². The summed E-state index contributed by atoms with van der Waals surface area (Å²) in [5.41, 5.74) is 3.59. The van der Waals surface area contributed by atoms with Gasteiger partial charge in [-0.3, -0.25) is 0 Å². The Morgan fingerprint density at radius 2 is 1.92 bits per heavy atom. The van der Waals surface area contributed by atoms with Gasteiger partial charge in [-0.1, -0.05) is 19.1 Å². The molecule has 0 radical (unpaired) electrons. The Kier molecular flexibility index (Phi) is 5.79. The van der Waals surface area contributed by atoms with E-state index in [9.17, 15) is 9.18 Å². The molecule has 5 heteroatoms. The van der Waals surface area contributed by atoms with Gasteiger partial charge in [0.15, 0.2) is 0 Å². The third-order valence-electron chi connectivity index (χ3n) is 3.87. The number of amides is 1. The van der Waals surface area contributed by atoms with Crippen molar-refractivity contribution in [1.82, 2.24) is 5.32 Å². The molecule has 0 spiro atoms. The summed E-state index contributed by atoms with van der Waals surface area (Å²) in [5, 5.41) is 2.34. The first-order valence-electron chi connectivity index (χ1n) is 7.86. The molecule has 128 valence electrons. The Balaban J connectivity index is 2.23. The van der Waals surface area contributed by atoms with Crippen LogP contribution in [0.15, 0.2) is 30.3 Å². The molecule has 0 atom stereocenters. The number of rotatable bonds is 5. The van der Waals surface area contributed by atoms with E-state index >= 15 is 0 Å². The number of hydrogen-bond acceptors (Lipinski definition) is 3. The summed E-state index contributed by atoms with van der Waals surface area (Å²) in [6.45, 7) is 6.06. The van der Waals surface area contributed by atoms with E-state index in [0.29, 0.717) is 5.75 Å². The van der Waals surface area contributed by atoms with Crippen molar-refractivity contribution in [3.63, 3.8) is 0 Å². The van der Waals surface area contributed by atoms with E-state index < -0.39 is 11.9 Å². The van der Waals surface area contributed by atoms with Crippen LogP contribution < -0.4 is 14.8 Å². The van der Waals surface area contributed by atoms with Crippen LogP contribution in [0.5, 0.6) is 11.5 Å². The van der Waals surface area contributed by atoms with Crippen molar-refractivity contribution < 1.29 is 18.7 Å². The molecule has 4 nitrogen and oxygen atoms in total. The second-order valence-electron chi connectivity index (χ2n) is 5.54. The van der Waals surface area contributed by atoms with Gasteiger partial charge in [0, 0.05) is 7.05 Å². The third kappa shape index (κ3) is 4.04. The predicted octanol–water partition coefficient (Wildman–Crippen LogP) is 4.30. The Labute approximate surface area is 141 Å². The number of nitrogens with one attached hydrogen (secondary N) is 1. The molecule has 1 N–H and O–H groups in total. The zero-order valence-electron chi connectivity index (χ0n) is 14.4. The molecule has 0 aromatic heterocycles. The standard InChI is InChI=1S/C19H22FNO3/c1-5-14-9-13(3)18(10-12(14)2)23-11-15-16(20)7-6-8-17(15)24-19(22)21-4/h6-10H,5,11H2,1-4H3,(H,21,22). The summed E-state index contributed by atoms with van der Waals surface area (Å²) >= 11 is 0. The minimum absolute atomic E-state index is 0.0231. The maximum Gasteiger partial charge on any atom is 0.412 e. The van der Waals surface area contributed by atoms with Crippen molar-refractivity contribution in [1.29, 1.82) is 0 Å². The van der Waals surface area contributed by atoms with Crippen molar-refractivity contribution in [2.45, 2.75) is 33.8 Å². The number of halogens is 1. The van der Waals surface area contributed by atoms with Crippen molar-refractivity contribution >= 4 is 6.09 Å². The fourth-order valence-electron chi connectivity index (χ4n) is 2.46. The topological polar surface area (TPSA) is 47.6 Å². The highest BCUT2D eigenvalue weighted by Gasteiger charge is 2.14. The number of ether oxygens (including phenoxy) is 2. The Bertz CT molecular complexity index is 744. The van der Waals surface area contributed by atoms with Crippen molar-refractivity contribution in [3.8, 4) is 11.5 Å². The van der Waals surface area contributed by atoms with Gasteiger partial charge in [0.1, 0.15) is 23.9 Å². The first kappa shape index (κ1) is 17.8. The third-order valence-corrected chi connectivity index (χ3v) is 3.87. The average molecular weight is 331 g/mol. The van der Waals surface area contributed by atoms with E-state index in [1.165, 1.54) is 30.8 Å². The molecule has 0 aliphatic rings. The first-order valence-corrected chi connectivity index (χ1v) is 7.86. The highest BCUT2D eigenvalue weighted by Crippen LogP contribution is 2.27. The Hall–Kier alpha value is -2.56. The average Bonchev–Trinajstić information content (AvgIpc) is 2.56. The van der Waals surface area contributed by atoms with Gasteiger partial charge < -0.3 is 14.8 Å². The second kappa shape index (κ2) is 7.81. The van der Waals surface area contributed by atoms with Gasteiger partial charge in [-0.25, -0.2) is 9.18 Å². The molecule has 1 amide bonds. The summed E-state index contributed by atoms with van der Waals surface area (Å²) in [6, 6.07) is 8.37. The zero-order valence-corrected chi connectivity index (χ0v) is 14.4. The number of carbonyl (C=O) groups is 1. The van der Waals surface area contributed by atoms with Gasteiger partial charge in [-0.2, -0.15) is 0 Å². The molecule has 0 bridgehead atoms. The summed E-state index contributed by atoms with van der Waals surface area (Å²) < 4.78 is 25.0. The highest BCUT2D eigenvalue weighted by atomic mass is 19.1. The predicted molar refractivity (Wildman–Crippen MR) is 91.1 cm³/mol. The van der Waals surface area contributed by atoms with E-state index in [-0.39, 0.29) is 17.9 Å². The van der Waals surface area contributed by atoms with Crippen LogP contribution in [0.3, 0.4) is 0 Å². The molecular formula is C19H22FNO3. The fraction of sp³-hybridized carbons (Fsp3) is 0.316. The van der Waals surface area contributed by atoms with Crippen LogP contribution in [-0.2, 0) is 13.0 Å². The fourth-order valence-corrected chi connectivity index (χ4v) is 2.46. The molecule has 2 rings (SSSR count). The van der Waals surface area contributed by atoms with Crippen LogP contribution in [0, 0.1) is 19.7 Å². The van der Waals surface area contributed by atoms with Gasteiger partial charge in [-0.15, -0.1) is 0 Å². The quantitative estimate of drug-likeness (QED) is 0.888. The van der Waals surface area contributed by atoms with Gasteiger partial charge in [0.2, 0.25) is 0 Å². The minimum atomic E-state index is -0.652. The molecule has 0 aliphatic carbocycles. The molecule has 0 heterocycles. The van der Waals surface area contributed by atoms with E-state index in [4.69, 9.17) is 9.47 Å². The molecule has 0 saturated carbocycles.